The van der Waals surface area contributed by atoms with E-state index >= 15 is 0 Å². The number of hydrogen-bond acceptors (Lipinski definition) is 2. The summed E-state index contributed by atoms with van der Waals surface area (Å²) in [6.07, 6.45) is 0.679. The Kier molecular flexibility index (Phi) is 2.56. The fourth-order valence-electron chi connectivity index (χ4n) is 2.29. The van der Waals surface area contributed by atoms with Crippen LogP contribution in [0.5, 0.6) is 0 Å². The Bertz CT molecular complexity index is 178. The minimum atomic E-state index is -0.548. The maximum absolute atomic E-state index is 12.6. The predicted octanol–water partition coefficient (Wildman–Crippen LogP) is 1.12. The molecule has 0 aromatic carbocycles. The van der Waals surface area contributed by atoms with Gasteiger partial charge in [0.2, 0.25) is 0 Å². The first kappa shape index (κ1) is 9.41. The number of likely N-dealkylation sites (tertiary alicyclic amines) is 2. The second-order valence-corrected chi connectivity index (χ2v) is 4.58. The Morgan fingerprint density at radius 3 is 2.38 bits per heavy atom. The Labute approximate surface area is 79.7 Å². The van der Waals surface area contributed by atoms with Crippen LogP contribution in [-0.4, -0.2) is 54.2 Å². The Morgan fingerprint density at radius 2 is 1.92 bits per heavy atom. The summed E-state index contributed by atoms with van der Waals surface area (Å²) in [5, 5.41) is 0. The molecule has 2 saturated heterocycles. The van der Waals surface area contributed by atoms with Gasteiger partial charge in [0.25, 0.3) is 0 Å². The Morgan fingerprint density at radius 1 is 1.23 bits per heavy atom. The fourth-order valence-corrected chi connectivity index (χ4v) is 2.29. The highest BCUT2D eigenvalue weighted by Crippen LogP contribution is 2.23. The molecule has 0 aliphatic carbocycles. The maximum Gasteiger partial charge on any atom is 0.125 e. The largest absolute Gasteiger partial charge is 0.299 e. The molecule has 76 valence electrons. The summed E-state index contributed by atoms with van der Waals surface area (Å²) in [6, 6.07) is 1.28. The zero-order chi connectivity index (χ0) is 9.42. The summed E-state index contributed by atoms with van der Waals surface area (Å²) in [5.41, 5.74) is 0. The summed E-state index contributed by atoms with van der Waals surface area (Å²) in [7, 11) is 0. The Hall–Kier alpha value is -0.150. The zero-order valence-corrected chi connectivity index (χ0v) is 8.54. The third-order valence-electron chi connectivity index (χ3n) is 3.31. The van der Waals surface area contributed by atoms with Gasteiger partial charge in [-0.3, -0.25) is 9.80 Å². The van der Waals surface area contributed by atoms with E-state index in [1.54, 1.807) is 0 Å². The highest BCUT2D eigenvalue weighted by Gasteiger charge is 2.36. The SMILES string of the molecule is CC(C)N1CCC(N2CC(F)C2)C1. The van der Waals surface area contributed by atoms with E-state index in [9.17, 15) is 4.39 Å². The summed E-state index contributed by atoms with van der Waals surface area (Å²) >= 11 is 0. The van der Waals surface area contributed by atoms with Crippen LogP contribution in [0, 0.1) is 0 Å². The lowest BCUT2D eigenvalue weighted by Gasteiger charge is -2.39. The van der Waals surface area contributed by atoms with E-state index in [1.165, 1.54) is 13.0 Å². The summed E-state index contributed by atoms with van der Waals surface area (Å²) in [4.78, 5) is 4.77. The van der Waals surface area contributed by atoms with Crippen LogP contribution in [0.1, 0.15) is 20.3 Å². The topological polar surface area (TPSA) is 6.48 Å². The Balaban J connectivity index is 1.78. The van der Waals surface area contributed by atoms with E-state index in [1.807, 2.05) is 0 Å². The number of nitrogens with zero attached hydrogens (tertiary/aromatic N) is 2. The van der Waals surface area contributed by atoms with Crippen molar-refractivity contribution in [3.8, 4) is 0 Å². The molecule has 2 aliphatic rings. The lowest BCUT2D eigenvalue weighted by atomic mass is 10.1. The second kappa shape index (κ2) is 3.54. The molecule has 2 heterocycles. The van der Waals surface area contributed by atoms with E-state index < -0.39 is 6.17 Å². The molecule has 0 spiro atoms. The van der Waals surface area contributed by atoms with Gasteiger partial charge < -0.3 is 0 Å². The van der Waals surface area contributed by atoms with E-state index in [-0.39, 0.29) is 0 Å². The molecule has 0 bridgehead atoms. The van der Waals surface area contributed by atoms with Gasteiger partial charge in [0.1, 0.15) is 6.17 Å². The van der Waals surface area contributed by atoms with Crippen LogP contribution in [0.4, 0.5) is 4.39 Å². The number of rotatable bonds is 2. The quantitative estimate of drug-likeness (QED) is 0.637. The van der Waals surface area contributed by atoms with Crippen molar-refractivity contribution in [2.24, 2.45) is 0 Å². The van der Waals surface area contributed by atoms with Crippen molar-refractivity contribution in [3.05, 3.63) is 0 Å². The van der Waals surface area contributed by atoms with Crippen LogP contribution in [0.15, 0.2) is 0 Å². The molecule has 2 aliphatic heterocycles. The number of alkyl halides is 1. The smallest absolute Gasteiger partial charge is 0.125 e. The first-order valence-corrected chi connectivity index (χ1v) is 5.29. The molecule has 1 atom stereocenters. The van der Waals surface area contributed by atoms with Crippen LogP contribution in [-0.2, 0) is 0 Å². The third kappa shape index (κ3) is 1.86. The van der Waals surface area contributed by atoms with E-state index in [0.717, 1.165) is 6.54 Å². The first-order valence-electron chi connectivity index (χ1n) is 5.29. The normalized spacial score (nSPS) is 32.8. The highest BCUT2D eigenvalue weighted by molar-refractivity contribution is 4.91. The predicted molar refractivity (Wildman–Crippen MR) is 51.6 cm³/mol. The van der Waals surface area contributed by atoms with Gasteiger partial charge in [-0.2, -0.15) is 0 Å². The number of hydrogen-bond donors (Lipinski definition) is 0. The molecule has 2 nitrogen and oxygen atoms in total. The molecule has 3 heteroatoms. The van der Waals surface area contributed by atoms with Crippen molar-refractivity contribution in [1.29, 1.82) is 0 Å². The van der Waals surface area contributed by atoms with Crippen LogP contribution in [0.2, 0.25) is 0 Å². The van der Waals surface area contributed by atoms with Crippen LogP contribution in [0.3, 0.4) is 0 Å². The molecule has 0 aromatic rings. The fraction of sp³-hybridized carbons (Fsp3) is 1.00. The van der Waals surface area contributed by atoms with Gasteiger partial charge in [0, 0.05) is 38.3 Å². The van der Waals surface area contributed by atoms with E-state index in [2.05, 4.69) is 23.6 Å². The van der Waals surface area contributed by atoms with E-state index in [4.69, 9.17) is 0 Å². The first-order chi connectivity index (χ1) is 6.16. The molecule has 0 aromatic heterocycles. The summed E-state index contributed by atoms with van der Waals surface area (Å²) in [5.74, 6) is 0. The maximum atomic E-state index is 12.6. The highest BCUT2D eigenvalue weighted by atomic mass is 19.1. The molecule has 1 unspecified atom stereocenters. The summed E-state index contributed by atoms with van der Waals surface area (Å²) < 4.78 is 12.6. The van der Waals surface area contributed by atoms with Crippen molar-refractivity contribution < 1.29 is 4.39 Å². The second-order valence-electron chi connectivity index (χ2n) is 4.58. The molecule has 2 fully saturated rings. The third-order valence-corrected chi connectivity index (χ3v) is 3.31. The van der Waals surface area contributed by atoms with Crippen molar-refractivity contribution in [2.45, 2.75) is 38.5 Å². The average Bonchev–Trinajstić information content (AvgIpc) is 2.46. The van der Waals surface area contributed by atoms with Gasteiger partial charge in [0.05, 0.1) is 0 Å². The van der Waals surface area contributed by atoms with Gasteiger partial charge in [0.15, 0.2) is 0 Å². The average molecular weight is 186 g/mol. The van der Waals surface area contributed by atoms with E-state index in [0.29, 0.717) is 25.2 Å². The van der Waals surface area contributed by atoms with Gasteiger partial charge >= 0.3 is 0 Å². The van der Waals surface area contributed by atoms with Crippen molar-refractivity contribution in [3.63, 3.8) is 0 Å². The lowest BCUT2D eigenvalue weighted by molar-refractivity contribution is 0.0294. The lowest BCUT2D eigenvalue weighted by Crippen LogP contribution is -2.54. The molecular formula is C10H19FN2. The molecule has 0 saturated carbocycles. The van der Waals surface area contributed by atoms with Crippen molar-refractivity contribution in [2.75, 3.05) is 26.2 Å². The molecule has 13 heavy (non-hydrogen) atoms. The number of halogens is 1. The monoisotopic (exact) mass is 186 g/mol. The van der Waals surface area contributed by atoms with Crippen molar-refractivity contribution >= 4 is 0 Å². The standard InChI is InChI=1S/C10H19FN2/c1-8(2)12-4-3-10(7-12)13-5-9(11)6-13/h8-10H,3-7H2,1-2H3. The van der Waals surface area contributed by atoms with Crippen LogP contribution in [0.25, 0.3) is 0 Å². The minimum Gasteiger partial charge on any atom is -0.299 e. The zero-order valence-electron chi connectivity index (χ0n) is 8.54. The van der Waals surface area contributed by atoms with Gasteiger partial charge in [-0.25, -0.2) is 4.39 Å². The molecular weight excluding hydrogens is 167 g/mol. The molecule has 0 N–H and O–H groups in total. The molecule has 0 radical (unpaired) electrons. The minimum absolute atomic E-state index is 0.548. The van der Waals surface area contributed by atoms with Crippen LogP contribution >= 0.6 is 0 Å². The van der Waals surface area contributed by atoms with Crippen molar-refractivity contribution in [1.82, 2.24) is 9.80 Å². The molecule has 2 rings (SSSR count). The molecule has 0 amide bonds. The summed E-state index contributed by atoms with van der Waals surface area (Å²) in [6.45, 7) is 8.15. The van der Waals surface area contributed by atoms with Crippen LogP contribution < -0.4 is 0 Å². The van der Waals surface area contributed by atoms with Gasteiger partial charge in [-0.1, -0.05) is 0 Å². The van der Waals surface area contributed by atoms with Gasteiger partial charge in [-0.15, -0.1) is 0 Å². The van der Waals surface area contributed by atoms with Gasteiger partial charge in [-0.05, 0) is 20.3 Å².